The molecule has 0 spiro atoms. The number of carbonyl (C=O) groups is 1. The average Bonchev–Trinajstić information content (AvgIpc) is 2.30. The van der Waals surface area contributed by atoms with Crippen molar-refractivity contribution in [1.29, 1.82) is 0 Å². The topological polar surface area (TPSA) is 41.1 Å². The molecule has 0 aliphatic heterocycles. The third-order valence-corrected chi connectivity index (χ3v) is 2.90. The number of rotatable bonds is 6. The van der Waals surface area contributed by atoms with Gasteiger partial charge in [-0.05, 0) is 31.2 Å². The summed E-state index contributed by atoms with van der Waals surface area (Å²) in [6, 6.07) is 5.03. The van der Waals surface area contributed by atoms with Crippen molar-refractivity contribution in [3.8, 4) is 0 Å². The van der Waals surface area contributed by atoms with Crippen LogP contribution in [0.2, 0.25) is 10.0 Å². The van der Waals surface area contributed by atoms with Crippen molar-refractivity contribution in [3.63, 3.8) is 0 Å². The average molecular weight is 275 g/mol. The molecule has 1 aromatic carbocycles. The molecule has 1 amide bonds. The lowest BCUT2D eigenvalue weighted by atomic mass is 10.3. The summed E-state index contributed by atoms with van der Waals surface area (Å²) in [5.41, 5.74) is 0.667. The van der Waals surface area contributed by atoms with Gasteiger partial charge in [0.2, 0.25) is 5.91 Å². The van der Waals surface area contributed by atoms with Crippen LogP contribution in [-0.4, -0.2) is 19.0 Å². The second kappa shape index (κ2) is 7.54. The van der Waals surface area contributed by atoms with E-state index in [2.05, 4.69) is 17.6 Å². The lowest BCUT2D eigenvalue weighted by Gasteiger charge is -2.06. The van der Waals surface area contributed by atoms with Gasteiger partial charge in [-0.1, -0.05) is 30.1 Å². The van der Waals surface area contributed by atoms with E-state index in [0.29, 0.717) is 28.7 Å². The minimum Gasteiger partial charge on any atom is -0.326 e. The molecule has 17 heavy (non-hydrogen) atoms. The Bertz CT molecular complexity index is 383. The molecule has 0 bridgehead atoms. The number of nitrogens with one attached hydrogen (secondary N) is 2. The van der Waals surface area contributed by atoms with E-state index in [-0.39, 0.29) is 5.91 Å². The molecule has 0 unspecified atom stereocenters. The molecule has 1 aromatic rings. The van der Waals surface area contributed by atoms with Gasteiger partial charge in [-0.2, -0.15) is 0 Å². The third kappa shape index (κ3) is 5.39. The highest BCUT2D eigenvalue weighted by molar-refractivity contribution is 6.42. The van der Waals surface area contributed by atoms with Crippen LogP contribution in [0.15, 0.2) is 18.2 Å². The maximum atomic E-state index is 11.5. The number of benzene rings is 1. The zero-order valence-corrected chi connectivity index (χ0v) is 11.2. The Labute approximate surface area is 111 Å². The van der Waals surface area contributed by atoms with Crippen molar-refractivity contribution in [2.75, 3.05) is 18.4 Å². The molecule has 3 nitrogen and oxygen atoms in total. The van der Waals surface area contributed by atoms with Gasteiger partial charge in [0, 0.05) is 18.7 Å². The fourth-order valence-electron chi connectivity index (χ4n) is 1.30. The minimum atomic E-state index is -0.0352. The van der Waals surface area contributed by atoms with Crippen LogP contribution in [-0.2, 0) is 4.79 Å². The van der Waals surface area contributed by atoms with E-state index in [1.54, 1.807) is 18.2 Å². The molecule has 0 aromatic heterocycles. The second-order valence-corrected chi connectivity index (χ2v) is 4.49. The van der Waals surface area contributed by atoms with Crippen molar-refractivity contribution in [2.24, 2.45) is 0 Å². The molecule has 2 N–H and O–H groups in total. The molecule has 0 atom stereocenters. The number of hydrogen-bond acceptors (Lipinski definition) is 2. The zero-order chi connectivity index (χ0) is 12.7. The van der Waals surface area contributed by atoms with Gasteiger partial charge in [0.05, 0.1) is 10.0 Å². The monoisotopic (exact) mass is 274 g/mol. The van der Waals surface area contributed by atoms with Gasteiger partial charge in [-0.15, -0.1) is 0 Å². The smallest absolute Gasteiger partial charge is 0.225 e. The SMILES string of the molecule is CCCNCCC(=O)Nc1ccc(Cl)c(Cl)c1. The van der Waals surface area contributed by atoms with Crippen molar-refractivity contribution < 1.29 is 4.79 Å². The predicted octanol–water partition coefficient (Wildman–Crippen LogP) is 3.32. The van der Waals surface area contributed by atoms with Gasteiger partial charge < -0.3 is 10.6 Å². The quantitative estimate of drug-likeness (QED) is 0.782. The first kappa shape index (κ1) is 14.3. The number of carbonyl (C=O) groups excluding carboxylic acids is 1. The van der Waals surface area contributed by atoms with Crippen LogP contribution in [0.5, 0.6) is 0 Å². The van der Waals surface area contributed by atoms with Crippen LogP contribution >= 0.6 is 23.2 Å². The number of anilines is 1. The summed E-state index contributed by atoms with van der Waals surface area (Å²) in [7, 11) is 0. The van der Waals surface area contributed by atoms with E-state index >= 15 is 0 Å². The van der Waals surface area contributed by atoms with Crippen molar-refractivity contribution in [1.82, 2.24) is 5.32 Å². The van der Waals surface area contributed by atoms with Gasteiger partial charge in [0.1, 0.15) is 0 Å². The molecule has 1 rings (SSSR count). The first-order valence-corrected chi connectivity index (χ1v) is 6.34. The van der Waals surface area contributed by atoms with Crippen molar-refractivity contribution in [3.05, 3.63) is 28.2 Å². The van der Waals surface area contributed by atoms with Crippen molar-refractivity contribution >= 4 is 34.8 Å². The molecule has 0 heterocycles. The largest absolute Gasteiger partial charge is 0.326 e. The van der Waals surface area contributed by atoms with E-state index in [1.807, 2.05) is 0 Å². The van der Waals surface area contributed by atoms with Gasteiger partial charge in [0.25, 0.3) is 0 Å². The number of halogens is 2. The van der Waals surface area contributed by atoms with Crippen LogP contribution < -0.4 is 10.6 Å². The molecule has 0 saturated carbocycles. The van der Waals surface area contributed by atoms with Crippen LogP contribution in [0.25, 0.3) is 0 Å². The second-order valence-electron chi connectivity index (χ2n) is 3.68. The highest BCUT2D eigenvalue weighted by Crippen LogP contribution is 2.24. The molecule has 0 saturated heterocycles. The van der Waals surface area contributed by atoms with Gasteiger partial charge in [-0.25, -0.2) is 0 Å². The number of amides is 1. The first-order chi connectivity index (χ1) is 8.13. The summed E-state index contributed by atoms with van der Waals surface area (Å²) in [5, 5.41) is 6.85. The Balaban J connectivity index is 2.37. The van der Waals surface area contributed by atoms with Gasteiger partial charge >= 0.3 is 0 Å². The Morgan fingerprint density at radius 2 is 2.00 bits per heavy atom. The van der Waals surface area contributed by atoms with E-state index in [0.717, 1.165) is 13.0 Å². The number of hydrogen-bond donors (Lipinski definition) is 2. The van der Waals surface area contributed by atoms with Crippen LogP contribution in [0.3, 0.4) is 0 Å². The maximum Gasteiger partial charge on any atom is 0.225 e. The fourth-order valence-corrected chi connectivity index (χ4v) is 1.60. The molecular formula is C12H16Cl2N2O. The molecule has 0 fully saturated rings. The van der Waals surface area contributed by atoms with Gasteiger partial charge in [-0.3, -0.25) is 4.79 Å². The van der Waals surface area contributed by atoms with E-state index in [9.17, 15) is 4.79 Å². The molecule has 0 aliphatic rings. The Hall–Kier alpha value is -0.770. The predicted molar refractivity (Wildman–Crippen MR) is 72.9 cm³/mol. The lowest BCUT2D eigenvalue weighted by molar-refractivity contribution is -0.116. The Morgan fingerprint density at radius 1 is 1.24 bits per heavy atom. The van der Waals surface area contributed by atoms with E-state index < -0.39 is 0 Å². The van der Waals surface area contributed by atoms with Crippen LogP contribution in [0.4, 0.5) is 5.69 Å². The Morgan fingerprint density at radius 3 is 2.65 bits per heavy atom. The maximum absolute atomic E-state index is 11.5. The minimum absolute atomic E-state index is 0.0352. The van der Waals surface area contributed by atoms with Crippen LogP contribution in [0.1, 0.15) is 19.8 Å². The molecule has 0 radical (unpaired) electrons. The normalized spacial score (nSPS) is 10.3. The molecule has 5 heteroatoms. The molecule has 0 aliphatic carbocycles. The first-order valence-electron chi connectivity index (χ1n) is 5.59. The van der Waals surface area contributed by atoms with E-state index in [4.69, 9.17) is 23.2 Å². The van der Waals surface area contributed by atoms with Crippen molar-refractivity contribution in [2.45, 2.75) is 19.8 Å². The van der Waals surface area contributed by atoms with E-state index in [1.165, 1.54) is 0 Å². The third-order valence-electron chi connectivity index (χ3n) is 2.16. The standard InChI is InChI=1S/C12H16Cl2N2O/c1-2-6-15-7-5-12(17)16-9-3-4-10(13)11(14)8-9/h3-4,8,15H,2,5-7H2,1H3,(H,16,17). The molecular weight excluding hydrogens is 259 g/mol. The summed E-state index contributed by atoms with van der Waals surface area (Å²) in [6.45, 7) is 3.70. The summed E-state index contributed by atoms with van der Waals surface area (Å²) in [5.74, 6) is -0.0352. The molecule has 94 valence electrons. The summed E-state index contributed by atoms with van der Waals surface area (Å²) >= 11 is 11.6. The van der Waals surface area contributed by atoms with Crippen LogP contribution in [0, 0.1) is 0 Å². The fraction of sp³-hybridized carbons (Fsp3) is 0.417. The summed E-state index contributed by atoms with van der Waals surface area (Å²) in [4.78, 5) is 11.5. The lowest BCUT2D eigenvalue weighted by Crippen LogP contribution is -2.22. The highest BCUT2D eigenvalue weighted by Gasteiger charge is 2.04. The summed E-state index contributed by atoms with van der Waals surface area (Å²) < 4.78 is 0. The highest BCUT2D eigenvalue weighted by atomic mass is 35.5. The zero-order valence-electron chi connectivity index (χ0n) is 9.72. The Kier molecular flexibility index (Phi) is 6.34. The van der Waals surface area contributed by atoms with Gasteiger partial charge in [0.15, 0.2) is 0 Å². The summed E-state index contributed by atoms with van der Waals surface area (Å²) in [6.07, 6.45) is 1.51.